The molecule has 1 aliphatic rings. The lowest BCUT2D eigenvalue weighted by atomic mass is 9.99. The van der Waals surface area contributed by atoms with Gasteiger partial charge in [0.1, 0.15) is 6.04 Å². The van der Waals surface area contributed by atoms with Gasteiger partial charge in [-0.2, -0.15) is 0 Å². The van der Waals surface area contributed by atoms with Crippen molar-refractivity contribution in [2.24, 2.45) is 0 Å². The highest BCUT2D eigenvalue weighted by molar-refractivity contribution is 5.98. The van der Waals surface area contributed by atoms with Gasteiger partial charge in [0.2, 0.25) is 11.8 Å². The van der Waals surface area contributed by atoms with Gasteiger partial charge < -0.3 is 29.6 Å². The van der Waals surface area contributed by atoms with Crippen molar-refractivity contribution in [1.29, 1.82) is 5.41 Å². The van der Waals surface area contributed by atoms with E-state index in [0.717, 1.165) is 24.0 Å². The molecule has 0 fully saturated rings. The van der Waals surface area contributed by atoms with Crippen LogP contribution in [0.25, 0.3) is 0 Å². The number of hydrogen-bond donors (Lipinski definition) is 4. The minimum atomic E-state index is -0.770. The molecule has 39 heavy (non-hydrogen) atoms. The van der Waals surface area contributed by atoms with E-state index in [2.05, 4.69) is 28.1 Å². The summed E-state index contributed by atoms with van der Waals surface area (Å²) in [7, 11) is 6.17. The third-order valence-electron chi connectivity index (χ3n) is 6.14. The molecule has 0 unspecified atom stereocenters. The van der Waals surface area contributed by atoms with Crippen molar-refractivity contribution in [2.45, 2.75) is 38.3 Å². The largest absolute Gasteiger partial charge is 0.493 e. The number of guanidine groups is 1. The topological polar surface area (TPSA) is 131 Å². The van der Waals surface area contributed by atoms with Gasteiger partial charge in [0.15, 0.2) is 29.0 Å². The third-order valence-corrected chi connectivity index (χ3v) is 6.14. The summed E-state index contributed by atoms with van der Waals surface area (Å²) in [5.74, 6) is 1.27. The fourth-order valence-corrected chi connectivity index (χ4v) is 4.14. The van der Waals surface area contributed by atoms with Gasteiger partial charge in [0.05, 0.1) is 34.9 Å². The monoisotopic (exact) mass is 536 g/mol. The normalized spacial score (nSPS) is 13.0. The Balaban J connectivity index is 1.63. The summed E-state index contributed by atoms with van der Waals surface area (Å²) in [6, 6.07) is 9.82. The number of allylic oxidation sites excluding steroid dienone is 3. The lowest BCUT2D eigenvalue weighted by Gasteiger charge is -2.21. The fourth-order valence-electron chi connectivity index (χ4n) is 4.14. The molecular weight excluding hydrogens is 500 g/mol. The van der Waals surface area contributed by atoms with Crippen molar-refractivity contribution < 1.29 is 28.5 Å². The predicted octanol–water partition coefficient (Wildman–Crippen LogP) is 3.26. The Bertz CT molecular complexity index is 1240. The standard InChI is InChI=1S/C29H36N4O6/c1-36-23-12-10-20(15-25(23)38-3)17-27(34)33-29(30)32-22(14-19-8-6-5-7-9-19)28(35)31-18-21-11-13-24(37-2)26(16-21)39-4/h6,8-13,15-16,22H,5,7,14,17-18H2,1-4H3,(H,31,35)(H3,30,32,33,34)/t22-/m1/s1. The van der Waals surface area contributed by atoms with Crippen molar-refractivity contribution in [3.63, 3.8) is 0 Å². The number of carbonyl (C=O) groups is 2. The highest BCUT2D eigenvalue weighted by Crippen LogP contribution is 2.28. The number of amides is 2. The first kappa shape index (κ1) is 29.1. The Morgan fingerprint density at radius 1 is 0.872 bits per heavy atom. The Morgan fingerprint density at radius 3 is 2.08 bits per heavy atom. The van der Waals surface area contributed by atoms with Crippen LogP contribution in [0.2, 0.25) is 0 Å². The number of benzene rings is 2. The van der Waals surface area contributed by atoms with Crippen LogP contribution in [0.4, 0.5) is 0 Å². The zero-order valence-corrected chi connectivity index (χ0v) is 22.8. The highest BCUT2D eigenvalue weighted by Gasteiger charge is 2.22. The van der Waals surface area contributed by atoms with E-state index in [1.54, 1.807) is 44.6 Å². The Hall–Kier alpha value is -4.47. The second kappa shape index (κ2) is 14.5. The lowest BCUT2D eigenvalue weighted by molar-refractivity contribution is -0.123. The van der Waals surface area contributed by atoms with Gasteiger partial charge >= 0.3 is 0 Å². The van der Waals surface area contributed by atoms with Crippen LogP contribution >= 0.6 is 0 Å². The molecule has 0 spiro atoms. The first-order chi connectivity index (χ1) is 18.9. The lowest BCUT2D eigenvalue weighted by Crippen LogP contribution is -2.51. The maximum atomic E-state index is 13.2. The maximum Gasteiger partial charge on any atom is 0.243 e. The Kier molecular flexibility index (Phi) is 10.8. The van der Waals surface area contributed by atoms with E-state index in [0.29, 0.717) is 35.0 Å². The van der Waals surface area contributed by atoms with Crippen LogP contribution in [0, 0.1) is 5.41 Å². The van der Waals surface area contributed by atoms with Gasteiger partial charge in [0.25, 0.3) is 0 Å². The van der Waals surface area contributed by atoms with Gasteiger partial charge in [-0.25, -0.2) is 0 Å². The summed E-state index contributed by atoms with van der Waals surface area (Å²) in [4.78, 5) is 25.8. The zero-order chi connectivity index (χ0) is 28.2. The van der Waals surface area contributed by atoms with E-state index in [9.17, 15) is 9.59 Å². The molecule has 208 valence electrons. The number of carbonyl (C=O) groups excluding carboxylic acids is 2. The molecule has 0 heterocycles. The van der Waals surface area contributed by atoms with Crippen LogP contribution in [0.5, 0.6) is 23.0 Å². The van der Waals surface area contributed by atoms with Crippen molar-refractivity contribution in [2.75, 3.05) is 28.4 Å². The second-order valence-corrected chi connectivity index (χ2v) is 8.86. The van der Waals surface area contributed by atoms with Crippen LogP contribution in [0.3, 0.4) is 0 Å². The van der Waals surface area contributed by atoms with Crippen LogP contribution in [0.1, 0.15) is 30.4 Å². The molecule has 10 heteroatoms. The summed E-state index contributed by atoms with van der Waals surface area (Å²) in [6.45, 7) is 0.255. The molecule has 1 aliphatic carbocycles. The molecule has 10 nitrogen and oxygen atoms in total. The van der Waals surface area contributed by atoms with E-state index < -0.39 is 11.9 Å². The minimum Gasteiger partial charge on any atom is -0.493 e. The van der Waals surface area contributed by atoms with Crippen molar-refractivity contribution in [3.8, 4) is 23.0 Å². The van der Waals surface area contributed by atoms with Crippen LogP contribution in [0.15, 0.2) is 60.2 Å². The van der Waals surface area contributed by atoms with Gasteiger partial charge in [-0.05, 0) is 53.8 Å². The second-order valence-electron chi connectivity index (χ2n) is 8.86. The number of hydrogen-bond acceptors (Lipinski definition) is 7. The number of nitrogens with one attached hydrogen (secondary N) is 4. The Labute approximate surface area is 228 Å². The summed E-state index contributed by atoms with van der Waals surface area (Å²) >= 11 is 0. The molecule has 0 radical (unpaired) electrons. The third kappa shape index (κ3) is 8.53. The van der Waals surface area contributed by atoms with Crippen molar-refractivity contribution in [3.05, 3.63) is 71.3 Å². The number of rotatable bonds is 12. The quantitative estimate of drug-likeness (QED) is 0.242. The molecule has 0 saturated carbocycles. The molecule has 2 amide bonds. The van der Waals surface area contributed by atoms with E-state index in [-0.39, 0.29) is 24.8 Å². The molecule has 2 aromatic rings. The molecule has 1 atom stereocenters. The summed E-state index contributed by atoms with van der Waals surface area (Å²) in [5.41, 5.74) is 2.51. The zero-order valence-electron chi connectivity index (χ0n) is 22.8. The SMILES string of the molecule is COc1ccc(CNC(=O)[C@@H](CC2=CCCC=C2)NC(=N)NC(=O)Cc2ccc(OC)c(OC)c2)cc1OC. The molecule has 3 rings (SSSR count). The predicted molar refractivity (Wildman–Crippen MR) is 149 cm³/mol. The van der Waals surface area contributed by atoms with Crippen LogP contribution in [-0.2, 0) is 22.6 Å². The summed E-state index contributed by atoms with van der Waals surface area (Å²) in [5, 5.41) is 16.6. The highest BCUT2D eigenvalue weighted by atomic mass is 16.5. The average Bonchev–Trinajstić information content (AvgIpc) is 2.95. The molecule has 2 aromatic carbocycles. The number of methoxy groups -OCH3 is 4. The molecule has 0 aliphatic heterocycles. The first-order valence-electron chi connectivity index (χ1n) is 12.6. The van der Waals surface area contributed by atoms with Gasteiger partial charge in [-0.15, -0.1) is 0 Å². The van der Waals surface area contributed by atoms with E-state index >= 15 is 0 Å². The molecule has 0 saturated heterocycles. The molecule has 0 aromatic heterocycles. The first-order valence-corrected chi connectivity index (χ1v) is 12.6. The summed E-state index contributed by atoms with van der Waals surface area (Å²) in [6.07, 6.45) is 8.36. The smallest absolute Gasteiger partial charge is 0.243 e. The van der Waals surface area contributed by atoms with E-state index in [4.69, 9.17) is 24.4 Å². The van der Waals surface area contributed by atoms with E-state index in [1.165, 1.54) is 14.2 Å². The maximum absolute atomic E-state index is 13.2. The molecule has 4 N–H and O–H groups in total. The van der Waals surface area contributed by atoms with Crippen LogP contribution < -0.4 is 34.9 Å². The molecule has 0 bridgehead atoms. The number of ether oxygens (including phenoxy) is 4. The Morgan fingerprint density at radius 2 is 1.49 bits per heavy atom. The van der Waals surface area contributed by atoms with Gasteiger partial charge in [-0.1, -0.05) is 30.4 Å². The van der Waals surface area contributed by atoms with Gasteiger partial charge in [-0.3, -0.25) is 20.3 Å². The van der Waals surface area contributed by atoms with Gasteiger partial charge in [0, 0.05) is 13.0 Å². The van der Waals surface area contributed by atoms with Crippen LogP contribution in [-0.4, -0.2) is 52.3 Å². The fraction of sp³-hybridized carbons (Fsp3) is 0.345. The molecular formula is C29H36N4O6. The van der Waals surface area contributed by atoms with Crippen molar-refractivity contribution >= 4 is 17.8 Å². The summed E-state index contributed by atoms with van der Waals surface area (Å²) < 4.78 is 21.1. The van der Waals surface area contributed by atoms with Crippen molar-refractivity contribution in [1.82, 2.24) is 16.0 Å². The van der Waals surface area contributed by atoms with E-state index in [1.807, 2.05) is 12.1 Å². The minimum absolute atomic E-state index is 0.0223. The average molecular weight is 537 g/mol.